The Kier molecular flexibility index (Phi) is 6.67. The van der Waals surface area contributed by atoms with Crippen LogP contribution in [0.5, 0.6) is 6.01 Å². The van der Waals surface area contributed by atoms with Gasteiger partial charge in [-0.15, -0.1) is 6.42 Å². The Hall–Kier alpha value is -3.94. The van der Waals surface area contributed by atoms with E-state index in [2.05, 4.69) is 26.1 Å². The Bertz CT molecular complexity index is 1740. The first kappa shape index (κ1) is 26.9. The molecule has 3 fully saturated rings. The molecule has 7 nitrogen and oxygen atoms in total. The predicted octanol–water partition coefficient (Wildman–Crippen LogP) is 4.86. The molecule has 0 saturated carbocycles. The fraction of sp³-hybridized carbons (Fsp3) is 0.406. The normalized spacial score (nSPS) is 23.9. The van der Waals surface area contributed by atoms with Crippen molar-refractivity contribution in [1.82, 2.24) is 25.2 Å². The Morgan fingerprint density at radius 1 is 1.24 bits per heavy atom. The molecule has 3 aliphatic rings. The van der Waals surface area contributed by atoms with Crippen molar-refractivity contribution in [2.75, 3.05) is 44.7 Å². The van der Waals surface area contributed by atoms with E-state index in [1.165, 1.54) is 6.07 Å². The number of nitrogens with zero attached hydrogens (tertiary/aromatic N) is 5. The van der Waals surface area contributed by atoms with Crippen LogP contribution >= 0.6 is 0 Å². The van der Waals surface area contributed by atoms with Gasteiger partial charge in [-0.05, 0) is 43.8 Å². The van der Waals surface area contributed by atoms with Crippen LogP contribution in [0, 0.1) is 24.0 Å². The summed E-state index contributed by atoms with van der Waals surface area (Å²) in [5.41, 5.74) is 0.0699. The zero-order valence-corrected chi connectivity index (χ0v) is 23.3. The zero-order valence-electron chi connectivity index (χ0n) is 23.3. The molecule has 3 saturated heterocycles. The number of hydrogen-bond donors (Lipinski definition) is 1. The minimum absolute atomic E-state index is 0.00705. The molecule has 7 rings (SSSR count). The number of halogens is 3. The summed E-state index contributed by atoms with van der Waals surface area (Å²) in [6, 6.07) is 8.33. The molecule has 42 heavy (non-hydrogen) atoms. The van der Waals surface area contributed by atoms with Gasteiger partial charge in [-0.3, -0.25) is 9.88 Å². The first-order valence-corrected chi connectivity index (χ1v) is 14.4. The minimum Gasteiger partial charge on any atom is -0.461 e. The van der Waals surface area contributed by atoms with Crippen LogP contribution in [0.2, 0.25) is 0 Å². The van der Waals surface area contributed by atoms with Crippen molar-refractivity contribution >= 4 is 27.5 Å². The van der Waals surface area contributed by atoms with Gasteiger partial charge in [-0.1, -0.05) is 30.2 Å². The van der Waals surface area contributed by atoms with Gasteiger partial charge in [0.1, 0.15) is 35.6 Å². The molecule has 2 aromatic carbocycles. The molecule has 0 bridgehead atoms. The van der Waals surface area contributed by atoms with Crippen LogP contribution in [0.1, 0.15) is 31.2 Å². The number of terminal acetylenes is 1. The summed E-state index contributed by atoms with van der Waals surface area (Å²) < 4.78 is 51.9. The number of fused-ring (bicyclic) bond motifs is 3. The van der Waals surface area contributed by atoms with Crippen LogP contribution in [0.4, 0.5) is 19.0 Å². The first-order chi connectivity index (χ1) is 20.4. The van der Waals surface area contributed by atoms with Crippen molar-refractivity contribution in [3.05, 3.63) is 53.7 Å². The Balaban J connectivity index is 1.36. The largest absolute Gasteiger partial charge is 0.461 e. The topological polar surface area (TPSA) is 66.4 Å². The van der Waals surface area contributed by atoms with E-state index in [1.807, 2.05) is 11.9 Å². The average Bonchev–Trinajstić information content (AvgIpc) is 3.72. The molecule has 1 N–H and O–H groups in total. The number of likely N-dealkylation sites (N-methyl/N-ethyl adjacent to an activating group) is 1. The molecule has 3 aliphatic heterocycles. The Morgan fingerprint density at radius 3 is 2.93 bits per heavy atom. The van der Waals surface area contributed by atoms with Crippen molar-refractivity contribution in [2.45, 2.75) is 43.4 Å². The molecule has 3 atom stereocenters. The molecule has 0 radical (unpaired) electrons. The van der Waals surface area contributed by atoms with Gasteiger partial charge in [0.25, 0.3) is 0 Å². The molecule has 0 amide bonds. The maximum atomic E-state index is 16.6. The van der Waals surface area contributed by atoms with E-state index in [-0.39, 0.29) is 35.4 Å². The lowest BCUT2D eigenvalue weighted by Gasteiger charge is -2.31. The van der Waals surface area contributed by atoms with E-state index in [4.69, 9.17) is 16.1 Å². The van der Waals surface area contributed by atoms with Crippen LogP contribution in [-0.4, -0.2) is 77.4 Å². The quantitative estimate of drug-likeness (QED) is 0.331. The Labute approximate surface area is 242 Å². The average molecular weight is 573 g/mol. The lowest BCUT2D eigenvalue weighted by atomic mass is 9.95. The lowest BCUT2D eigenvalue weighted by molar-refractivity contribution is 0.107. The molecule has 216 valence electrons. The third-order valence-corrected chi connectivity index (χ3v) is 9.18. The second-order valence-corrected chi connectivity index (χ2v) is 11.6. The van der Waals surface area contributed by atoms with E-state index in [1.54, 1.807) is 30.5 Å². The highest BCUT2D eigenvalue weighted by Crippen LogP contribution is 2.41. The second-order valence-electron chi connectivity index (χ2n) is 11.6. The van der Waals surface area contributed by atoms with Crippen LogP contribution in [0.3, 0.4) is 0 Å². The number of alkyl halides is 1. The van der Waals surface area contributed by atoms with Gasteiger partial charge in [-0.2, -0.15) is 9.97 Å². The highest BCUT2D eigenvalue weighted by atomic mass is 19.1. The fourth-order valence-electron chi connectivity index (χ4n) is 7.03. The standard InChI is InChI=1S/C32H31F3N6O/c1-3-22-25(34)9-8-19-6-4-7-23(26(19)22)28-27(35)29-24(16-37-28)30(40(2)21-10-12-36-15-21)39-31(38-29)42-18-32-11-5-13-41(32)17-20(33)14-32/h1,4,6-9,16,20-21,36H,5,10-15,17-18H2,2H3/t20-,21-,32-/m1/s1. The number of hydrogen-bond acceptors (Lipinski definition) is 7. The summed E-state index contributed by atoms with van der Waals surface area (Å²) in [6.07, 6.45) is 9.45. The highest BCUT2D eigenvalue weighted by Gasteiger charge is 2.49. The van der Waals surface area contributed by atoms with Gasteiger partial charge in [0, 0.05) is 49.7 Å². The molecule has 5 heterocycles. The van der Waals surface area contributed by atoms with E-state index in [0.717, 1.165) is 38.9 Å². The third kappa shape index (κ3) is 4.34. The van der Waals surface area contributed by atoms with Crippen molar-refractivity contribution in [3.8, 4) is 29.6 Å². The van der Waals surface area contributed by atoms with Gasteiger partial charge in [-0.25, -0.2) is 13.2 Å². The Morgan fingerprint density at radius 2 is 2.12 bits per heavy atom. The maximum absolute atomic E-state index is 16.6. The molecule has 0 aliphatic carbocycles. The van der Waals surface area contributed by atoms with Gasteiger partial charge < -0.3 is 15.0 Å². The number of anilines is 1. The predicted molar refractivity (Wildman–Crippen MR) is 156 cm³/mol. The monoisotopic (exact) mass is 572 g/mol. The van der Waals surface area contributed by atoms with E-state index < -0.39 is 23.3 Å². The van der Waals surface area contributed by atoms with Crippen molar-refractivity contribution in [3.63, 3.8) is 0 Å². The summed E-state index contributed by atoms with van der Waals surface area (Å²) in [4.78, 5) is 18.0. The van der Waals surface area contributed by atoms with Crippen molar-refractivity contribution < 1.29 is 17.9 Å². The second kappa shape index (κ2) is 10.4. The highest BCUT2D eigenvalue weighted by molar-refractivity contribution is 6.02. The summed E-state index contributed by atoms with van der Waals surface area (Å²) in [5, 5.41) is 4.88. The molecular weight excluding hydrogens is 541 g/mol. The zero-order chi connectivity index (χ0) is 29.0. The number of ether oxygens (including phenoxy) is 1. The van der Waals surface area contributed by atoms with Crippen LogP contribution in [-0.2, 0) is 0 Å². The summed E-state index contributed by atoms with van der Waals surface area (Å²) >= 11 is 0. The summed E-state index contributed by atoms with van der Waals surface area (Å²) in [5.74, 6) is 1.69. The molecular formula is C32H31F3N6O. The number of benzene rings is 2. The van der Waals surface area contributed by atoms with Gasteiger partial charge >= 0.3 is 6.01 Å². The van der Waals surface area contributed by atoms with Crippen LogP contribution < -0.4 is 15.0 Å². The third-order valence-electron chi connectivity index (χ3n) is 9.18. The van der Waals surface area contributed by atoms with E-state index in [9.17, 15) is 8.78 Å². The van der Waals surface area contributed by atoms with E-state index in [0.29, 0.717) is 40.5 Å². The van der Waals surface area contributed by atoms with Crippen molar-refractivity contribution in [1.29, 1.82) is 0 Å². The van der Waals surface area contributed by atoms with Gasteiger partial charge in [0.15, 0.2) is 5.82 Å². The maximum Gasteiger partial charge on any atom is 0.319 e. The number of pyridine rings is 1. The first-order valence-electron chi connectivity index (χ1n) is 14.4. The molecule has 0 spiro atoms. The van der Waals surface area contributed by atoms with Crippen LogP contribution in [0.15, 0.2) is 36.5 Å². The summed E-state index contributed by atoms with van der Waals surface area (Å²) in [7, 11) is 1.92. The van der Waals surface area contributed by atoms with E-state index >= 15 is 4.39 Å². The minimum atomic E-state index is -0.896. The smallest absolute Gasteiger partial charge is 0.319 e. The van der Waals surface area contributed by atoms with Gasteiger partial charge in [0.05, 0.1) is 16.5 Å². The lowest BCUT2D eigenvalue weighted by Crippen LogP contribution is -2.43. The molecule has 2 aromatic heterocycles. The fourth-order valence-corrected chi connectivity index (χ4v) is 7.03. The number of rotatable bonds is 6. The van der Waals surface area contributed by atoms with Gasteiger partial charge in [0.2, 0.25) is 0 Å². The van der Waals surface area contributed by atoms with Crippen LogP contribution in [0.25, 0.3) is 32.9 Å². The SMILES string of the molecule is C#Cc1c(F)ccc2cccc(-c3ncc4c(N(C)[C@@H]5CCNC5)nc(OC[C@]56CCCN5C[C@H](F)C6)nc4c3F)c12. The summed E-state index contributed by atoms with van der Waals surface area (Å²) in [6.45, 7) is 3.09. The molecule has 0 unspecified atom stereocenters. The molecule has 10 heteroatoms. The van der Waals surface area contributed by atoms with Crippen molar-refractivity contribution in [2.24, 2.45) is 0 Å². The molecule has 4 aromatic rings. The number of aromatic nitrogens is 3. The number of nitrogens with one attached hydrogen (secondary N) is 1.